The summed E-state index contributed by atoms with van der Waals surface area (Å²) in [6.07, 6.45) is 8.37. The summed E-state index contributed by atoms with van der Waals surface area (Å²) in [5.74, 6) is 2.76. The van der Waals surface area contributed by atoms with Crippen molar-refractivity contribution in [1.82, 2.24) is 0 Å². The topological polar surface area (TPSA) is 77.5 Å². The summed E-state index contributed by atoms with van der Waals surface area (Å²) in [7, 11) is 0. The zero-order valence-electron chi connectivity index (χ0n) is 28.7. The maximum Gasteiger partial charge on any atom is 0.259 e. The molecular formula is C40H42N2O6S2. The standard InChI is InChI=1S/C40H42N2O6S2/c1-3-5-7-9-15-41-29-13-11-25(37-35-31(23-49-37)45-17-19-47-35)21-27(29)33(39(41)43)34-28-22-26(38-36-32(24-50-38)46-18-20-48-36)12-14-30(28)42(40(34)44)16-10-8-6-4-2/h11-14,21-24H,3-10,15-20H2,1-2H3/b34-33-. The van der Waals surface area contributed by atoms with Gasteiger partial charge in [0.05, 0.1) is 32.3 Å². The van der Waals surface area contributed by atoms with Gasteiger partial charge in [0, 0.05) is 35.0 Å². The summed E-state index contributed by atoms with van der Waals surface area (Å²) in [4.78, 5) is 35.2. The lowest BCUT2D eigenvalue weighted by atomic mass is 9.94. The maximum atomic E-state index is 14.7. The fourth-order valence-electron chi connectivity index (χ4n) is 7.39. The maximum absolute atomic E-state index is 14.7. The number of rotatable bonds is 12. The Morgan fingerprint density at radius 3 is 1.46 bits per heavy atom. The third kappa shape index (κ3) is 5.76. The van der Waals surface area contributed by atoms with E-state index < -0.39 is 0 Å². The number of amides is 2. The van der Waals surface area contributed by atoms with Gasteiger partial charge in [0.25, 0.3) is 11.8 Å². The van der Waals surface area contributed by atoms with Crippen LogP contribution in [0.1, 0.15) is 76.3 Å². The number of thiophene rings is 2. The van der Waals surface area contributed by atoms with Crippen molar-refractivity contribution < 1.29 is 28.5 Å². The van der Waals surface area contributed by atoms with Crippen molar-refractivity contribution in [3.05, 3.63) is 58.3 Å². The van der Waals surface area contributed by atoms with E-state index in [9.17, 15) is 9.59 Å². The van der Waals surface area contributed by atoms with Crippen LogP contribution in [0.15, 0.2) is 47.2 Å². The molecule has 6 heterocycles. The molecule has 0 atom stereocenters. The minimum absolute atomic E-state index is 0.112. The quantitative estimate of drug-likeness (QED) is 0.108. The second kappa shape index (κ2) is 14.2. The molecule has 0 saturated heterocycles. The average Bonchev–Trinajstić information content (AvgIpc) is 3.90. The lowest BCUT2D eigenvalue weighted by Crippen LogP contribution is -2.30. The summed E-state index contributed by atoms with van der Waals surface area (Å²) in [6, 6.07) is 12.4. The summed E-state index contributed by atoms with van der Waals surface area (Å²) < 4.78 is 23.8. The van der Waals surface area contributed by atoms with Gasteiger partial charge in [-0.3, -0.25) is 9.59 Å². The third-order valence-electron chi connectivity index (χ3n) is 9.88. The number of fused-ring (bicyclic) bond motifs is 4. The summed E-state index contributed by atoms with van der Waals surface area (Å²) in [5.41, 5.74) is 6.13. The van der Waals surface area contributed by atoms with E-state index in [1.165, 1.54) is 0 Å². The number of hydrogen-bond donors (Lipinski definition) is 0. The highest BCUT2D eigenvalue weighted by Crippen LogP contribution is 2.52. The molecule has 2 aromatic heterocycles. The number of ether oxygens (including phenoxy) is 4. The molecule has 0 radical (unpaired) electrons. The SMILES string of the molecule is CCCCCCN1C(=O)/C(=C2\C(=O)N(CCCCCC)c3ccc(-c4scc5c4OCCO5)cc32)c2cc(-c3scc4c3OCCO4)ccc21. The number of nitrogens with zero attached hydrogens (tertiary/aromatic N) is 2. The first kappa shape index (κ1) is 32.9. The van der Waals surface area contributed by atoms with Crippen LogP contribution in [-0.2, 0) is 9.59 Å². The molecule has 0 bridgehead atoms. The fourth-order valence-corrected chi connectivity index (χ4v) is 9.25. The molecule has 8 rings (SSSR count). The Morgan fingerprint density at radius 1 is 0.580 bits per heavy atom. The van der Waals surface area contributed by atoms with Gasteiger partial charge in [-0.1, -0.05) is 64.5 Å². The molecule has 4 aliphatic heterocycles. The molecule has 0 spiro atoms. The number of anilines is 2. The Labute approximate surface area is 301 Å². The van der Waals surface area contributed by atoms with Crippen LogP contribution in [0.5, 0.6) is 23.0 Å². The van der Waals surface area contributed by atoms with Crippen LogP contribution in [-0.4, -0.2) is 51.3 Å². The predicted molar refractivity (Wildman–Crippen MR) is 201 cm³/mol. The van der Waals surface area contributed by atoms with Crippen molar-refractivity contribution in [3.8, 4) is 43.9 Å². The number of unbranched alkanes of at least 4 members (excludes halogenated alkanes) is 6. The molecule has 50 heavy (non-hydrogen) atoms. The average molecular weight is 711 g/mol. The zero-order valence-corrected chi connectivity index (χ0v) is 30.3. The molecule has 8 nitrogen and oxygen atoms in total. The van der Waals surface area contributed by atoms with Crippen LogP contribution in [0.2, 0.25) is 0 Å². The monoisotopic (exact) mass is 710 g/mol. The number of carbonyl (C=O) groups is 2. The van der Waals surface area contributed by atoms with Gasteiger partial charge in [0.15, 0.2) is 23.0 Å². The molecule has 10 heteroatoms. The Morgan fingerprint density at radius 2 is 1.02 bits per heavy atom. The van der Waals surface area contributed by atoms with E-state index in [0.717, 1.165) is 118 Å². The van der Waals surface area contributed by atoms with Crippen LogP contribution in [0.4, 0.5) is 11.4 Å². The first-order chi connectivity index (χ1) is 24.6. The number of carbonyl (C=O) groups excluding carboxylic acids is 2. The Hall–Kier alpha value is -4.28. The van der Waals surface area contributed by atoms with Crippen molar-refractivity contribution in [3.63, 3.8) is 0 Å². The molecule has 2 amide bonds. The van der Waals surface area contributed by atoms with Crippen LogP contribution < -0.4 is 28.7 Å². The highest BCUT2D eigenvalue weighted by molar-refractivity contribution is 7.14. The van der Waals surface area contributed by atoms with Crippen LogP contribution in [0.25, 0.3) is 32.0 Å². The van der Waals surface area contributed by atoms with E-state index >= 15 is 0 Å². The van der Waals surface area contributed by atoms with Gasteiger partial charge in [-0.2, -0.15) is 0 Å². The van der Waals surface area contributed by atoms with Gasteiger partial charge < -0.3 is 28.7 Å². The van der Waals surface area contributed by atoms with Crippen molar-refractivity contribution in [2.75, 3.05) is 49.3 Å². The number of benzene rings is 2. The lowest BCUT2D eigenvalue weighted by Gasteiger charge is -2.18. The largest absolute Gasteiger partial charge is 0.485 e. The highest BCUT2D eigenvalue weighted by atomic mass is 32.1. The van der Waals surface area contributed by atoms with Crippen molar-refractivity contribution in [2.45, 2.75) is 65.2 Å². The van der Waals surface area contributed by atoms with Crippen molar-refractivity contribution in [2.24, 2.45) is 0 Å². The lowest BCUT2D eigenvalue weighted by molar-refractivity contribution is -0.114. The summed E-state index contributed by atoms with van der Waals surface area (Å²) >= 11 is 3.14. The van der Waals surface area contributed by atoms with Gasteiger partial charge in [-0.25, -0.2) is 0 Å². The molecule has 0 aliphatic carbocycles. The molecule has 2 aromatic carbocycles. The highest BCUT2D eigenvalue weighted by Gasteiger charge is 2.42. The second-order valence-electron chi connectivity index (χ2n) is 13.2. The van der Waals surface area contributed by atoms with E-state index in [4.69, 9.17) is 18.9 Å². The minimum Gasteiger partial charge on any atom is -0.485 e. The van der Waals surface area contributed by atoms with Crippen LogP contribution >= 0.6 is 22.7 Å². The van der Waals surface area contributed by atoms with E-state index in [1.807, 2.05) is 32.7 Å². The Kier molecular flexibility index (Phi) is 9.31. The molecule has 4 aromatic rings. The Bertz CT molecular complexity index is 1840. The van der Waals surface area contributed by atoms with Crippen molar-refractivity contribution in [1.29, 1.82) is 0 Å². The third-order valence-corrected chi connectivity index (χ3v) is 11.9. The summed E-state index contributed by atoms with van der Waals surface area (Å²) in [5, 5.41) is 3.96. The van der Waals surface area contributed by atoms with E-state index in [-0.39, 0.29) is 11.8 Å². The van der Waals surface area contributed by atoms with E-state index in [2.05, 4.69) is 38.1 Å². The molecule has 4 aliphatic rings. The molecule has 0 fully saturated rings. The first-order valence-electron chi connectivity index (χ1n) is 18.0. The van der Waals surface area contributed by atoms with E-state index in [1.54, 1.807) is 22.7 Å². The van der Waals surface area contributed by atoms with Gasteiger partial charge >= 0.3 is 0 Å². The summed E-state index contributed by atoms with van der Waals surface area (Å²) in [6.45, 7) is 7.63. The smallest absolute Gasteiger partial charge is 0.259 e. The molecular weight excluding hydrogens is 669 g/mol. The van der Waals surface area contributed by atoms with Gasteiger partial charge in [0.2, 0.25) is 0 Å². The van der Waals surface area contributed by atoms with Gasteiger partial charge in [-0.05, 0) is 48.2 Å². The van der Waals surface area contributed by atoms with E-state index in [0.29, 0.717) is 50.7 Å². The Balaban J connectivity index is 1.28. The van der Waals surface area contributed by atoms with Gasteiger partial charge in [0.1, 0.15) is 26.4 Å². The fraction of sp³-hybridized carbons (Fsp3) is 0.400. The van der Waals surface area contributed by atoms with Crippen molar-refractivity contribution >= 4 is 57.0 Å². The molecule has 0 N–H and O–H groups in total. The normalized spacial score (nSPS) is 17.5. The van der Waals surface area contributed by atoms with Crippen LogP contribution in [0, 0.1) is 0 Å². The zero-order chi connectivity index (χ0) is 34.2. The number of hydrogen-bond acceptors (Lipinski definition) is 8. The minimum atomic E-state index is -0.112. The van der Waals surface area contributed by atoms with Crippen LogP contribution in [0.3, 0.4) is 0 Å². The second-order valence-corrected chi connectivity index (χ2v) is 14.9. The first-order valence-corrected chi connectivity index (χ1v) is 19.8. The molecule has 260 valence electrons. The predicted octanol–water partition coefficient (Wildman–Crippen LogP) is 9.45. The molecule has 0 unspecified atom stereocenters. The molecule has 0 saturated carbocycles. The van der Waals surface area contributed by atoms with Gasteiger partial charge in [-0.15, -0.1) is 22.7 Å².